The minimum absolute atomic E-state index is 0.373. The van der Waals surface area contributed by atoms with E-state index in [0.29, 0.717) is 12.3 Å². The Morgan fingerprint density at radius 3 is 2.89 bits per heavy atom. The Bertz CT molecular complexity index is 589. The van der Waals surface area contributed by atoms with Crippen LogP contribution in [0.4, 0.5) is 0 Å². The summed E-state index contributed by atoms with van der Waals surface area (Å²) in [5.41, 5.74) is 1.65. The van der Waals surface area contributed by atoms with E-state index in [1.807, 2.05) is 18.2 Å². The average Bonchev–Trinajstić information content (AvgIpc) is 2.90. The molecule has 0 radical (unpaired) electrons. The first-order valence-electron chi connectivity index (χ1n) is 7.30. The summed E-state index contributed by atoms with van der Waals surface area (Å²) in [5.74, 6) is 1.40. The van der Waals surface area contributed by atoms with E-state index >= 15 is 0 Å². The van der Waals surface area contributed by atoms with E-state index in [2.05, 4.69) is 24.5 Å². The van der Waals surface area contributed by atoms with Crippen LogP contribution >= 0.6 is 0 Å². The number of benzene rings is 1. The van der Waals surface area contributed by atoms with Gasteiger partial charge in [0.25, 0.3) is 0 Å². The second-order valence-electron chi connectivity index (χ2n) is 5.83. The first kappa shape index (κ1) is 12.7. The molecule has 0 amide bonds. The summed E-state index contributed by atoms with van der Waals surface area (Å²) in [6.45, 7) is 5.20. The Balaban J connectivity index is 2.01. The van der Waals surface area contributed by atoms with E-state index in [0.717, 1.165) is 37.1 Å². The molecule has 102 valence electrons. The predicted molar refractivity (Wildman–Crippen MR) is 77.1 cm³/mol. The zero-order valence-corrected chi connectivity index (χ0v) is 11.8. The van der Waals surface area contributed by atoms with Gasteiger partial charge in [0.05, 0.1) is 16.6 Å². The Kier molecular flexibility index (Phi) is 3.09. The van der Waals surface area contributed by atoms with Crippen molar-refractivity contribution >= 4 is 11.0 Å². The molecule has 3 rings (SSSR count). The highest BCUT2D eigenvalue weighted by Gasteiger charge is 2.39. The molecule has 3 nitrogen and oxygen atoms in total. The fraction of sp³-hybridized carbons (Fsp3) is 0.562. The Hall–Kier alpha value is -1.35. The van der Waals surface area contributed by atoms with E-state index in [9.17, 15) is 5.11 Å². The Labute approximate surface area is 114 Å². The number of fused-ring (bicyclic) bond motifs is 1. The number of para-hydroxylation sites is 2. The molecule has 1 N–H and O–H groups in total. The van der Waals surface area contributed by atoms with E-state index in [1.165, 1.54) is 5.52 Å². The van der Waals surface area contributed by atoms with Crippen LogP contribution in [0.15, 0.2) is 24.3 Å². The van der Waals surface area contributed by atoms with E-state index in [1.54, 1.807) is 0 Å². The lowest BCUT2D eigenvalue weighted by atomic mass is 9.89. The number of rotatable bonds is 3. The van der Waals surface area contributed by atoms with Gasteiger partial charge in [-0.15, -0.1) is 0 Å². The number of aromatic nitrogens is 2. The summed E-state index contributed by atoms with van der Waals surface area (Å²) >= 11 is 0. The molecule has 1 aliphatic carbocycles. The van der Waals surface area contributed by atoms with Crippen molar-refractivity contribution in [1.82, 2.24) is 9.55 Å². The van der Waals surface area contributed by atoms with Gasteiger partial charge in [0.1, 0.15) is 5.82 Å². The molecule has 3 heteroatoms. The summed E-state index contributed by atoms with van der Waals surface area (Å²) in [4.78, 5) is 4.73. The van der Waals surface area contributed by atoms with Crippen LogP contribution in [-0.2, 0) is 13.0 Å². The minimum Gasteiger partial charge on any atom is -0.389 e. The van der Waals surface area contributed by atoms with Gasteiger partial charge in [0.2, 0.25) is 0 Å². The van der Waals surface area contributed by atoms with E-state index in [-0.39, 0.29) is 0 Å². The van der Waals surface area contributed by atoms with Crippen LogP contribution in [0, 0.1) is 5.92 Å². The highest BCUT2D eigenvalue weighted by molar-refractivity contribution is 5.75. The van der Waals surface area contributed by atoms with Crippen molar-refractivity contribution in [2.24, 2.45) is 5.92 Å². The minimum atomic E-state index is -0.561. The van der Waals surface area contributed by atoms with Crippen molar-refractivity contribution in [2.45, 2.75) is 51.7 Å². The summed E-state index contributed by atoms with van der Waals surface area (Å²) in [6, 6.07) is 8.23. The van der Waals surface area contributed by atoms with Crippen molar-refractivity contribution in [3.63, 3.8) is 0 Å². The number of nitrogens with zero attached hydrogens (tertiary/aromatic N) is 2. The van der Waals surface area contributed by atoms with Crippen LogP contribution in [0.1, 0.15) is 38.9 Å². The Morgan fingerprint density at radius 2 is 2.21 bits per heavy atom. The molecule has 0 spiro atoms. The third kappa shape index (κ3) is 2.06. The highest BCUT2D eigenvalue weighted by Crippen LogP contribution is 2.38. The van der Waals surface area contributed by atoms with E-state index in [4.69, 9.17) is 4.98 Å². The number of hydrogen-bond donors (Lipinski definition) is 1. The molecular weight excluding hydrogens is 236 g/mol. The van der Waals surface area contributed by atoms with Gasteiger partial charge in [-0.2, -0.15) is 0 Å². The summed E-state index contributed by atoms with van der Waals surface area (Å²) in [5, 5.41) is 10.8. The molecule has 1 saturated carbocycles. The number of imidazole rings is 1. The standard InChI is InChI=1S/C16H22N2O/c1-3-18-14-9-5-4-8-13(14)17-15(18)11-16(19)10-6-7-12(16)2/h4-5,8-9,12,19H,3,6-7,10-11H2,1-2H3. The number of hydrogen-bond acceptors (Lipinski definition) is 2. The van der Waals surface area contributed by atoms with Gasteiger partial charge in [0, 0.05) is 13.0 Å². The summed E-state index contributed by atoms with van der Waals surface area (Å²) < 4.78 is 2.23. The highest BCUT2D eigenvalue weighted by atomic mass is 16.3. The van der Waals surface area contributed by atoms with Gasteiger partial charge in [0.15, 0.2) is 0 Å². The number of aryl methyl sites for hydroxylation is 1. The van der Waals surface area contributed by atoms with Gasteiger partial charge >= 0.3 is 0 Å². The Morgan fingerprint density at radius 1 is 1.42 bits per heavy atom. The molecule has 19 heavy (non-hydrogen) atoms. The van der Waals surface area contributed by atoms with Crippen LogP contribution < -0.4 is 0 Å². The molecule has 0 aliphatic heterocycles. The van der Waals surface area contributed by atoms with Crippen LogP contribution in [0.5, 0.6) is 0 Å². The topological polar surface area (TPSA) is 38.0 Å². The zero-order chi connectivity index (χ0) is 13.5. The summed E-state index contributed by atoms with van der Waals surface area (Å²) in [7, 11) is 0. The third-order valence-corrected chi connectivity index (χ3v) is 4.68. The monoisotopic (exact) mass is 258 g/mol. The molecular formula is C16H22N2O. The lowest BCUT2D eigenvalue weighted by molar-refractivity contribution is 0.00721. The molecule has 0 bridgehead atoms. The fourth-order valence-electron chi connectivity index (χ4n) is 3.38. The van der Waals surface area contributed by atoms with Gasteiger partial charge in [-0.1, -0.05) is 25.5 Å². The van der Waals surface area contributed by atoms with Crippen LogP contribution in [-0.4, -0.2) is 20.3 Å². The van der Waals surface area contributed by atoms with Crippen molar-refractivity contribution < 1.29 is 5.11 Å². The van der Waals surface area contributed by atoms with Crippen LogP contribution in [0.2, 0.25) is 0 Å². The average molecular weight is 258 g/mol. The van der Waals surface area contributed by atoms with Gasteiger partial charge in [-0.3, -0.25) is 0 Å². The quantitative estimate of drug-likeness (QED) is 0.918. The molecule has 0 saturated heterocycles. The van der Waals surface area contributed by atoms with Crippen molar-refractivity contribution in [3.8, 4) is 0 Å². The number of aliphatic hydroxyl groups is 1. The second kappa shape index (κ2) is 4.64. The smallest absolute Gasteiger partial charge is 0.112 e. The maximum atomic E-state index is 10.8. The lowest BCUT2D eigenvalue weighted by Gasteiger charge is -2.27. The molecule has 2 atom stereocenters. The maximum absolute atomic E-state index is 10.8. The molecule has 2 unspecified atom stereocenters. The fourth-order valence-corrected chi connectivity index (χ4v) is 3.38. The van der Waals surface area contributed by atoms with Crippen LogP contribution in [0.25, 0.3) is 11.0 Å². The zero-order valence-electron chi connectivity index (χ0n) is 11.8. The largest absolute Gasteiger partial charge is 0.389 e. The molecule has 1 aliphatic rings. The van der Waals surface area contributed by atoms with Crippen molar-refractivity contribution in [1.29, 1.82) is 0 Å². The SMILES string of the molecule is CCn1c(CC2(O)CCCC2C)nc2ccccc21. The third-order valence-electron chi connectivity index (χ3n) is 4.68. The second-order valence-corrected chi connectivity index (χ2v) is 5.83. The first-order valence-corrected chi connectivity index (χ1v) is 7.30. The molecule has 1 fully saturated rings. The van der Waals surface area contributed by atoms with Crippen molar-refractivity contribution in [2.75, 3.05) is 0 Å². The van der Waals surface area contributed by atoms with Gasteiger partial charge < -0.3 is 9.67 Å². The van der Waals surface area contributed by atoms with E-state index < -0.39 is 5.60 Å². The van der Waals surface area contributed by atoms with Crippen LogP contribution in [0.3, 0.4) is 0 Å². The lowest BCUT2D eigenvalue weighted by Crippen LogP contribution is -2.35. The van der Waals surface area contributed by atoms with Gasteiger partial charge in [-0.05, 0) is 37.8 Å². The first-order chi connectivity index (χ1) is 9.14. The molecule has 1 heterocycles. The maximum Gasteiger partial charge on any atom is 0.112 e. The van der Waals surface area contributed by atoms with Crippen molar-refractivity contribution in [3.05, 3.63) is 30.1 Å². The molecule has 2 aromatic rings. The normalized spacial score (nSPS) is 27.2. The predicted octanol–water partition coefficient (Wildman–Crippen LogP) is 3.15. The molecule has 1 aromatic carbocycles. The summed E-state index contributed by atoms with van der Waals surface area (Å²) in [6.07, 6.45) is 3.84. The van der Waals surface area contributed by atoms with Gasteiger partial charge in [-0.25, -0.2) is 4.98 Å². The molecule has 1 aromatic heterocycles.